The topological polar surface area (TPSA) is 83.8 Å². The zero-order chi connectivity index (χ0) is 14.6. The molecule has 2 N–H and O–H groups in total. The molecule has 0 heterocycles. The lowest BCUT2D eigenvalue weighted by atomic mass is 9.98. The summed E-state index contributed by atoms with van der Waals surface area (Å²) in [6.45, 7) is 4.76. The molecule has 19 heavy (non-hydrogen) atoms. The Balaban J connectivity index is 2.77. The first-order valence-electron chi connectivity index (χ1n) is 5.96. The van der Waals surface area contributed by atoms with Gasteiger partial charge < -0.3 is 14.9 Å². The Kier molecular flexibility index (Phi) is 4.53. The molecule has 5 heteroatoms. The molecule has 0 saturated heterocycles. The SMILES string of the molecule is CC(CC(=O)O)c1ccc(OC(C)(C)C(=O)O)cc1. The van der Waals surface area contributed by atoms with Gasteiger partial charge in [0.25, 0.3) is 0 Å². The van der Waals surface area contributed by atoms with E-state index in [0.29, 0.717) is 5.75 Å². The first-order valence-corrected chi connectivity index (χ1v) is 5.96. The number of carboxylic acid groups (broad SMARTS) is 2. The van der Waals surface area contributed by atoms with Crippen molar-refractivity contribution in [1.29, 1.82) is 0 Å². The predicted molar refractivity (Wildman–Crippen MR) is 69.5 cm³/mol. The van der Waals surface area contributed by atoms with E-state index in [2.05, 4.69) is 0 Å². The van der Waals surface area contributed by atoms with Crippen LogP contribution in [0.1, 0.15) is 38.7 Å². The molecule has 0 aliphatic carbocycles. The minimum Gasteiger partial charge on any atom is -0.481 e. The van der Waals surface area contributed by atoms with Gasteiger partial charge in [0.1, 0.15) is 5.75 Å². The summed E-state index contributed by atoms with van der Waals surface area (Å²) in [7, 11) is 0. The third-order valence-corrected chi connectivity index (χ3v) is 2.82. The fourth-order valence-corrected chi connectivity index (χ4v) is 1.58. The summed E-state index contributed by atoms with van der Waals surface area (Å²) in [5.74, 6) is -1.55. The Morgan fingerprint density at radius 3 is 2.16 bits per heavy atom. The lowest BCUT2D eigenvalue weighted by molar-refractivity contribution is -0.152. The van der Waals surface area contributed by atoms with Crippen LogP contribution in [-0.4, -0.2) is 27.8 Å². The van der Waals surface area contributed by atoms with Crippen molar-refractivity contribution in [2.24, 2.45) is 0 Å². The molecule has 1 aromatic carbocycles. The number of hydrogen-bond acceptors (Lipinski definition) is 3. The molecule has 0 aromatic heterocycles. The number of ether oxygens (including phenoxy) is 1. The van der Waals surface area contributed by atoms with Gasteiger partial charge >= 0.3 is 11.9 Å². The monoisotopic (exact) mass is 266 g/mol. The van der Waals surface area contributed by atoms with Crippen LogP contribution in [0.3, 0.4) is 0 Å². The Labute approximate surface area is 111 Å². The molecule has 0 saturated carbocycles. The first kappa shape index (κ1) is 15.0. The largest absolute Gasteiger partial charge is 0.481 e. The zero-order valence-corrected chi connectivity index (χ0v) is 11.2. The molecule has 0 aliphatic rings. The number of carbonyl (C=O) groups is 2. The molecule has 0 radical (unpaired) electrons. The van der Waals surface area contributed by atoms with Gasteiger partial charge in [-0.3, -0.25) is 4.79 Å². The van der Waals surface area contributed by atoms with Gasteiger partial charge in [-0.2, -0.15) is 0 Å². The van der Waals surface area contributed by atoms with Gasteiger partial charge in [0, 0.05) is 0 Å². The highest BCUT2D eigenvalue weighted by molar-refractivity contribution is 5.76. The van der Waals surface area contributed by atoms with Crippen LogP contribution in [0.15, 0.2) is 24.3 Å². The third-order valence-electron chi connectivity index (χ3n) is 2.82. The first-order chi connectivity index (χ1) is 8.72. The molecule has 0 fully saturated rings. The van der Waals surface area contributed by atoms with Gasteiger partial charge in [-0.05, 0) is 37.5 Å². The van der Waals surface area contributed by atoms with Crippen LogP contribution < -0.4 is 4.74 Å². The van der Waals surface area contributed by atoms with Gasteiger partial charge in [-0.25, -0.2) is 4.79 Å². The fourth-order valence-electron chi connectivity index (χ4n) is 1.58. The van der Waals surface area contributed by atoms with Crippen molar-refractivity contribution >= 4 is 11.9 Å². The average Bonchev–Trinajstić information content (AvgIpc) is 2.28. The van der Waals surface area contributed by atoms with E-state index in [1.807, 2.05) is 6.92 Å². The predicted octanol–water partition coefficient (Wildman–Crippen LogP) is 2.51. The standard InChI is InChI=1S/C14H18O5/c1-9(8-12(15)16)10-4-6-11(7-5-10)19-14(2,3)13(17)18/h4-7,9H,8H2,1-3H3,(H,15,16)(H,17,18). The molecule has 1 atom stereocenters. The lowest BCUT2D eigenvalue weighted by Gasteiger charge is -2.21. The third kappa shape index (κ3) is 4.28. The molecule has 0 amide bonds. The quantitative estimate of drug-likeness (QED) is 0.826. The van der Waals surface area contributed by atoms with Crippen LogP contribution in [-0.2, 0) is 9.59 Å². The van der Waals surface area contributed by atoms with Crippen molar-refractivity contribution in [3.05, 3.63) is 29.8 Å². The van der Waals surface area contributed by atoms with Crippen LogP contribution in [0.2, 0.25) is 0 Å². The molecular weight excluding hydrogens is 248 g/mol. The summed E-state index contributed by atoms with van der Waals surface area (Å²) in [6, 6.07) is 6.80. The Hall–Kier alpha value is -2.04. The number of rotatable bonds is 6. The van der Waals surface area contributed by atoms with Crippen LogP contribution in [0.25, 0.3) is 0 Å². The number of aliphatic carboxylic acids is 2. The van der Waals surface area contributed by atoms with Gasteiger partial charge in [0.05, 0.1) is 6.42 Å². The summed E-state index contributed by atoms with van der Waals surface area (Å²) in [5.41, 5.74) is -0.420. The van der Waals surface area contributed by atoms with E-state index < -0.39 is 17.5 Å². The fraction of sp³-hybridized carbons (Fsp3) is 0.429. The van der Waals surface area contributed by atoms with Crippen molar-refractivity contribution in [1.82, 2.24) is 0 Å². The molecule has 0 spiro atoms. The molecule has 1 unspecified atom stereocenters. The maximum atomic E-state index is 10.9. The van der Waals surface area contributed by atoms with E-state index in [4.69, 9.17) is 14.9 Å². The highest BCUT2D eigenvalue weighted by Crippen LogP contribution is 2.24. The van der Waals surface area contributed by atoms with Crippen molar-refractivity contribution in [3.8, 4) is 5.75 Å². The summed E-state index contributed by atoms with van der Waals surface area (Å²) in [5, 5.41) is 17.7. The molecule has 5 nitrogen and oxygen atoms in total. The summed E-state index contributed by atoms with van der Waals surface area (Å²) < 4.78 is 5.36. The van der Waals surface area contributed by atoms with Crippen LogP contribution in [0, 0.1) is 0 Å². The second-order valence-electron chi connectivity index (χ2n) is 4.99. The molecule has 0 aliphatic heterocycles. The highest BCUT2D eigenvalue weighted by Gasteiger charge is 2.29. The molecule has 0 bridgehead atoms. The van der Waals surface area contributed by atoms with Gasteiger partial charge in [-0.1, -0.05) is 19.1 Å². The van der Waals surface area contributed by atoms with E-state index in [1.54, 1.807) is 24.3 Å². The van der Waals surface area contributed by atoms with Crippen molar-refractivity contribution in [2.75, 3.05) is 0 Å². The normalized spacial score (nSPS) is 12.8. The summed E-state index contributed by atoms with van der Waals surface area (Å²) in [4.78, 5) is 21.6. The van der Waals surface area contributed by atoms with E-state index >= 15 is 0 Å². The van der Waals surface area contributed by atoms with E-state index in [-0.39, 0.29) is 12.3 Å². The minimum atomic E-state index is -1.30. The Morgan fingerprint density at radius 2 is 1.74 bits per heavy atom. The van der Waals surface area contributed by atoms with Crippen molar-refractivity contribution in [3.63, 3.8) is 0 Å². The maximum absolute atomic E-state index is 10.9. The highest BCUT2D eigenvalue weighted by atomic mass is 16.5. The second kappa shape index (κ2) is 5.73. The van der Waals surface area contributed by atoms with E-state index in [9.17, 15) is 9.59 Å². The zero-order valence-electron chi connectivity index (χ0n) is 11.2. The van der Waals surface area contributed by atoms with Gasteiger partial charge in [0.2, 0.25) is 0 Å². The smallest absolute Gasteiger partial charge is 0.347 e. The Morgan fingerprint density at radius 1 is 1.21 bits per heavy atom. The van der Waals surface area contributed by atoms with E-state index in [0.717, 1.165) is 5.56 Å². The minimum absolute atomic E-state index is 0.0564. The number of hydrogen-bond donors (Lipinski definition) is 2. The maximum Gasteiger partial charge on any atom is 0.347 e. The second-order valence-corrected chi connectivity index (χ2v) is 4.99. The summed E-state index contributed by atoms with van der Waals surface area (Å²) >= 11 is 0. The number of carboxylic acids is 2. The molecule has 1 rings (SSSR count). The molecule has 104 valence electrons. The van der Waals surface area contributed by atoms with Crippen LogP contribution in [0.4, 0.5) is 0 Å². The molecule has 1 aromatic rings. The van der Waals surface area contributed by atoms with Crippen molar-refractivity contribution in [2.45, 2.75) is 38.7 Å². The van der Waals surface area contributed by atoms with Crippen LogP contribution in [0.5, 0.6) is 5.75 Å². The number of benzene rings is 1. The summed E-state index contributed by atoms with van der Waals surface area (Å²) in [6.07, 6.45) is 0.0564. The van der Waals surface area contributed by atoms with Crippen molar-refractivity contribution < 1.29 is 24.5 Å². The van der Waals surface area contributed by atoms with Crippen LogP contribution >= 0.6 is 0 Å². The van der Waals surface area contributed by atoms with E-state index in [1.165, 1.54) is 13.8 Å². The lowest BCUT2D eigenvalue weighted by Crippen LogP contribution is -2.37. The van der Waals surface area contributed by atoms with Gasteiger partial charge in [-0.15, -0.1) is 0 Å². The average molecular weight is 266 g/mol. The molecular formula is C14H18O5. The van der Waals surface area contributed by atoms with Gasteiger partial charge in [0.15, 0.2) is 5.60 Å². The Bertz CT molecular complexity index is 461.